The fraction of sp³-hybridized carbons (Fsp3) is 0.458. The first-order valence-electron chi connectivity index (χ1n) is 10.9. The molecule has 3 heterocycles. The predicted molar refractivity (Wildman–Crippen MR) is 115 cm³/mol. The summed E-state index contributed by atoms with van der Waals surface area (Å²) in [4.78, 5) is 43.2. The first kappa shape index (κ1) is 20.0. The van der Waals surface area contributed by atoms with E-state index in [1.807, 2.05) is 41.3 Å². The Hall–Kier alpha value is -2.93. The minimum absolute atomic E-state index is 0.000542. The second kappa shape index (κ2) is 7.34. The summed E-state index contributed by atoms with van der Waals surface area (Å²) < 4.78 is 1.72. The number of fused-ring (bicyclic) bond motifs is 4. The van der Waals surface area contributed by atoms with Crippen LogP contribution < -0.4 is 5.56 Å². The van der Waals surface area contributed by atoms with Crippen LogP contribution in [-0.4, -0.2) is 58.0 Å². The fourth-order valence-electron chi connectivity index (χ4n) is 5.37. The Morgan fingerprint density at radius 2 is 1.81 bits per heavy atom. The average molecular weight is 421 g/mol. The summed E-state index contributed by atoms with van der Waals surface area (Å²) in [6.07, 6.45) is 1.73. The molecule has 1 aromatic carbocycles. The van der Waals surface area contributed by atoms with E-state index < -0.39 is 17.9 Å². The molecular weight excluding hydrogens is 394 g/mol. The van der Waals surface area contributed by atoms with Gasteiger partial charge in [-0.05, 0) is 30.5 Å². The van der Waals surface area contributed by atoms with Crippen molar-refractivity contribution in [2.24, 2.45) is 17.8 Å². The zero-order valence-corrected chi connectivity index (χ0v) is 17.8. The van der Waals surface area contributed by atoms with Gasteiger partial charge in [0.25, 0.3) is 5.56 Å². The highest BCUT2D eigenvalue weighted by molar-refractivity contribution is 5.86. The van der Waals surface area contributed by atoms with Crippen LogP contribution in [0.2, 0.25) is 0 Å². The van der Waals surface area contributed by atoms with Crippen LogP contribution in [0.4, 0.5) is 0 Å². The Morgan fingerprint density at radius 1 is 1.10 bits per heavy atom. The lowest BCUT2D eigenvalue weighted by Crippen LogP contribution is -2.49. The van der Waals surface area contributed by atoms with Crippen LogP contribution in [0.15, 0.2) is 47.3 Å². The van der Waals surface area contributed by atoms with E-state index in [2.05, 4.69) is 0 Å². The highest BCUT2D eigenvalue weighted by Crippen LogP contribution is 2.51. The van der Waals surface area contributed by atoms with Gasteiger partial charge in [0.2, 0.25) is 11.8 Å². The van der Waals surface area contributed by atoms with Gasteiger partial charge in [-0.2, -0.15) is 0 Å². The van der Waals surface area contributed by atoms with Crippen LogP contribution in [0.1, 0.15) is 24.6 Å². The summed E-state index contributed by atoms with van der Waals surface area (Å²) >= 11 is 0. The summed E-state index contributed by atoms with van der Waals surface area (Å²) in [5.74, 6) is -1.04. The van der Waals surface area contributed by atoms with E-state index in [9.17, 15) is 19.5 Å². The van der Waals surface area contributed by atoms with Crippen LogP contribution in [-0.2, 0) is 16.1 Å². The minimum atomic E-state index is -0.566. The van der Waals surface area contributed by atoms with Gasteiger partial charge in [0.15, 0.2) is 0 Å². The molecule has 3 aliphatic rings. The van der Waals surface area contributed by atoms with Crippen molar-refractivity contribution < 1.29 is 14.7 Å². The van der Waals surface area contributed by atoms with Crippen LogP contribution in [0.3, 0.4) is 0 Å². The van der Waals surface area contributed by atoms with Crippen molar-refractivity contribution in [2.45, 2.75) is 31.5 Å². The molecule has 1 N–H and O–H groups in total. The highest BCUT2D eigenvalue weighted by Gasteiger charge is 2.59. The van der Waals surface area contributed by atoms with E-state index in [0.29, 0.717) is 17.8 Å². The number of pyridine rings is 1. The maximum Gasteiger partial charge on any atom is 0.258 e. The number of hydrogen-bond acceptors (Lipinski definition) is 4. The van der Waals surface area contributed by atoms with Gasteiger partial charge in [0, 0.05) is 50.3 Å². The van der Waals surface area contributed by atoms with Gasteiger partial charge in [0.05, 0.1) is 18.0 Å². The molecule has 5 rings (SSSR count). The quantitative estimate of drug-likeness (QED) is 0.811. The molecule has 4 atom stereocenters. The van der Waals surface area contributed by atoms with E-state index in [-0.39, 0.29) is 35.9 Å². The molecule has 1 aliphatic carbocycles. The number of aliphatic hydroxyl groups excluding tert-OH is 1. The van der Waals surface area contributed by atoms with Crippen molar-refractivity contribution in [1.82, 2.24) is 14.4 Å². The third-order valence-corrected chi connectivity index (χ3v) is 7.04. The van der Waals surface area contributed by atoms with E-state index in [4.69, 9.17) is 0 Å². The average Bonchev–Trinajstić information content (AvgIpc) is 3.59. The number of amides is 2. The van der Waals surface area contributed by atoms with Crippen molar-refractivity contribution in [3.63, 3.8) is 0 Å². The second-order valence-electron chi connectivity index (χ2n) is 9.09. The lowest BCUT2D eigenvalue weighted by molar-refractivity contribution is -0.139. The first-order chi connectivity index (χ1) is 14.9. The van der Waals surface area contributed by atoms with Crippen LogP contribution in [0.5, 0.6) is 0 Å². The topological polar surface area (TPSA) is 82.8 Å². The van der Waals surface area contributed by atoms with Gasteiger partial charge in [-0.3, -0.25) is 14.4 Å². The number of nitrogens with zero attached hydrogens (tertiary/aromatic N) is 3. The molecule has 1 saturated heterocycles. The number of aromatic nitrogens is 1. The number of carbonyl (C=O) groups excluding carboxylic acids is 2. The third-order valence-electron chi connectivity index (χ3n) is 7.04. The molecule has 7 nitrogen and oxygen atoms in total. The molecule has 0 unspecified atom stereocenters. The lowest BCUT2D eigenvalue weighted by Gasteiger charge is -2.38. The molecule has 1 aromatic heterocycles. The Kier molecular flexibility index (Phi) is 4.73. The lowest BCUT2D eigenvalue weighted by atomic mass is 9.86. The number of benzene rings is 1. The Morgan fingerprint density at radius 3 is 2.42 bits per heavy atom. The summed E-state index contributed by atoms with van der Waals surface area (Å²) in [6.45, 7) is 0.0976. The summed E-state index contributed by atoms with van der Waals surface area (Å²) in [6, 6.07) is 12.3. The number of hydrogen-bond donors (Lipinski definition) is 1. The summed E-state index contributed by atoms with van der Waals surface area (Å²) in [7, 11) is 3.38. The van der Waals surface area contributed by atoms with E-state index in [1.165, 1.54) is 4.90 Å². The number of carbonyl (C=O) groups is 2. The van der Waals surface area contributed by atoms with Gasteiger partial charge >= 0.3 is 0 Å². The Balaban J connectivity index is 1.67. The molecule has 7 heteroatoms. The Labute approximate surface area is 180 Å². The third kappa shape index (κ3) is 3.02. The largest absolute Gasteiger partial charge is 0.396 e. The smallest absolute Gasteiger partial charge is 0.258 e. The number of aliphatic hydroxyl groups is 1. The Bertz CT molecular complexity index is 1090. The van der Waals surface area contributed by atoms with Crippen molar-refractivity contribution in [2.75, 3.05) is 20.7 Å². The van der Waals surface area contributed by atoms with Gasteiger partial charge in [0.1, 0.15) is 0 Å². The molecule has 1 saturated carbocycles. The van der Waals surface area contributed by atoms with Gasteiger partial charge in [-0.25, -0.2) is 0 Å². The molecule has 2 amide bonds. The molecule has 2 bridgehead atoms. The van der Waals surface area contributed by atoms with Gasteiger partial charge in [-0.1, -0.05) is 30.3 Å². The molecule has 162 valence electrons. The van der Waals surface area contributed by atoms with Crippen molar-refractivity contribution in [3.05, 3.63) is 58.5 Å². The zero-order chi connectivity index (χ0) is 21.9. The van der Waals surface area contributed by atoms with Crippen LogP contribution in [0, 0.1) is 17.8 Å². The molecule has 2 aromatic rings. The maximum absolute atomic E-state index is 13.5. The van der Waals surface area contributed by atoms with E-state index in [1.54, 1.807) is 24.7 Å². The predicted octanol–water partition coefficient (Wildman–Crippen LogP) is 1.50. The standard InChI is InChI=1S/C24H27N3O4/c1-25(2)24(31)20-17(13-28)19-12-26-18(21(20)27(19)22(29)15-8-9-15)11-10-16(23(26)30)14-6-4-3-5-7-14/h3-7,10-11,15,17,19-21,28H,8-9,12-13H2,1-2H3/t17-,19-,20+,21+/m0/s1. The monoisotopic (exact) mass is 421 g/mol. The first-order valence-corrected chi connectivity index (χ1v) is 10.9. The molecular formula is C24H27N3O4. The summed E-state index contributed by atoms with van der Waals surface area (Å²) in [5, 5.41) is 10.3. The normalized spacial score (nSPS) is 26.5. The van der Waals surface area contributed by atoms with Crippen molar-refractivity contribution >= 4 is 11.8 Å². The fourth-order valence-corrected chi connectivity index (χ4v) is 5.37. The molecule has 2 aliphatic heterocycles. The minimum Gasteiger partial charge on any atom is -0.396 e. The van der Waals surface area contributed by atoms with E-state index >= 15 is 0 Å². The molecule has 31 heavy (non-hydrogen) atoms. The highest BCUT2D eigenvalue weighted by atomic mass is 16.3. The number of rotatable bonds is 4. The molecule has 2 fully saturated rings. The van der Waals surface area contributed by atoms with Gasteiger partial charge in [-0.15, -0.1) is 0 Å². The van der Waals surface area contributed by atoms with Gasteiger partial charge < -0.3 is 19.5 Å². The van der Waals surface area contributed by atoms with Crippen molar-refractivity contribution in [1.29, 1.82) is 0 Å². The zero-order valence-electron chi connectivity index (χ0n) is 17.8. The van der Waals surface area contributed by atoms with Crippen LogP contribution >= 0.6 is 0 Å². The van der Waals surface area contributed by atoms with Crippen molar-refractivity contribution in [3.8, 4) is 11.1 Å². The van der Waals surface area contributed by atoms with E-state index in [0.717, 1.165) is 18.4 Å². The SMILES string of the molecule is CN(C)C(=O)[C@@H]1[C@@H](CO)[C@@H]2Cn3c(ccc(-c4ccccc4)c3=O)[C@H]1N2C(=O)C1CC1. The maximum atomic E-state index is 13.5. The molecule has 0 spiro atoms. The second-order valence-corrected chi connectivity index (χ2v) is 9.09. The van der Waals surface area contributed by atoms with Crippen LogP contribution in [0.25, 0.3) is 11.1 Å². The summed E-state index contributed by atoms with van der Waals surface area (Å²) in [5.41, 5.74) is 2.01. The molecule has 0 radical (unpaired) electrons.